The largest absolute Gasteiger partial charge is 0.597 e. The Hall–Kier alpha value is -4.94. The Labute approximate surface area is 334 Å². The summed E-state index contributed by atoms with van der Waals surface area (Å²) in [6.07, 6.45) is 8.41. The van der Waals surface area contributed by atoms with Crippen molar-refractivity contribution in [2.24, 2.45) is 0 Å². The second-order valence-electron chi connectivity index (χ2n) is 14.0. The van der Waals surface area contributed by atoms with Crippen molar-refractivity contribution in [3.8, 4) is 28.7 Å². The molecule has 0 radical (unpaired) electrons. The maximum absolute atomic E-state index is 15.4. The topological polar surface area (TPSA) is 127 Å². The van der Waals surface area contributed by atoms with Gasteiger partial charge in [0.05, 0.1) is 38.7 Å². The number of phenols is 2. The van der Waals surface area contributed by atoms with E-state index in [2.05, 4.69) is 20.1 Å². The number of amides is 2. The van der Waals surface area contributed by atoms with Gasteiger partial charge in [-0.25, -0.2) is 0 Å². The van der Waals surface area contributed by atoms with E-state index in [1.54, 1.807) is 41.9 Å². The summed E-state index contributed by atoms with van der Waals surface area (Å²) in [4.78, 5) is 31.1. The van der Waals surface area contributed by atoms with E-state index in [0.717, 1.165) is 42.6 Å². The lowest BCUT2D eigenvalue weighted by molar-refractivity contribution is -0.478. The number of thioether (sulfide) groups is 1. The van der Waals surface area contributed by atoms with Gasteiger partial charge >= 0.3 is 6.09 Å². The first-order chi connectivity index (χ1) is 27.1. The number of fused-ring (bicyclic) bond motifs is 2. The van der Waals surface area contributed by atoms with Crippen molar-refractivity contribution in [1.82, 2.24) is 4.90 Å². The van der Waals surface area contributed by atoms with E-state index in [9.17, 15) is 15.0 Å². The Morgan fingerprint density at radius 2 is 1.68 bits per heavy atom. The molecule has 2 N–H and O–H groups in total. The van der Waals surface area contributed by atoms with Crippen molar-refractivity contribution in [3.63, 3.8) is 0 Å². The Kier molecular flexibility index (Phi) is 14.9. The molecule has 5 rings (SSSR count). The van der Waals surface area contributed by atoms with E-state index < -0.39 is 29.5 Å². The molecule has 0 saturated carbocycles. The number of hydrogen-bond acceptors (Lipinski definition) is 10. The predicted molar refractivity (Wildman–Crippen MR) is 219 cm³/mol. The number of benzene rings is 3. The number of aryl methyl sites for hydroxylation is 1. The summed E-state index contributed by atoms with van der Waals surface area (Å²) in [6.45, 7) is 13.8. The van der Waals surface area contributed by atoms with Crippen LogP contribution in [-0.4, -0.2) is 89.8 Å². The SMILES string of the molecule is C=CCOC(=O)[N+]1=C[C@@H]2C(SCCCCCC)c3c(OCC=C)c(C)c(OC)c(O)c3[C@H](COCc3ccccc3)N2C(=O)[C@@H]1Cc1cc(C)c(OC)c(O)c1. The van der Waals surface area contributed by atoms with E-state index in [-0.39, 0.29) is 56.0 Å². The predicted octanol–water partition coefficient (Wildman–Crippen LogP) is 8.15. The minimum Gasteiger partial charge on any atom is -0.504 e. The van der Waals surface area contributed by atoms with E-state index in [0.29, 0.717) is 33.8 Å². The molecule has 0 aliphatic carbocycles. The monoisotopic (exact) mass is 787 g/mol. The highest BCUT2D eigenvalue weighted by Gasteiger charge is 2.56. The fraction of sp³-hybridized carbons (Fsp3) is 0.432. The lowest BCUT2D eigenvalue weighted by atomic mass is 9.83. The molecule has 2 aliphatic heterocycles. The summed E-state index contributed by atoms with van der Waals surface area (Å²) in [5.41, 5.74) is 4.03. The van der Waals surface area contributed by atoms with E-state index in [1.807, 2.05) is 43.3 Å². The van der Waals surface area contributed by atoms with E-state index in [4.69, 9.17) is 23.7 Å². The fourth-order valence-corrected chi connectivity index (χ4v) is 9.11. The summed E-state index contributed by atoms with van der Waals surface area (Å²) in [5, 5.41) is 22.5. The third-order valence-electron chi connectivity index (χ3n) is 10.2. The van der Waals surface area contributed by atoms with Crippen LogP contribution in [0.2, 0.25) is 0 Å². The first kappa shape index (κ1) is 42.2. The highest BCUT2D eigenvalue weighted by atomic mass is 32.2. The Morgan fingerprint density at radius 1 is 0.946 bits per heavy atom. The number of phenolic OH excluding ortho intramolecular Hbond substituents is 2. The molecule has 2 amide bonds. The number of aromatic hydroxyl groups is 2. The molecule has 0 saturated heterocycles. The number of hydrogen-bond donors (Lipinski definition) is 2. The zero-order valence-corrected chi connectivity index (χ0v) is 33.9. The van der Waals surface area contributed by atoms with Crippen LogP contribution >= 0.6 is 11.8 Å². The molecule has 3 aromatic rings. The molecule has 1 unspecified atom stereocenters. The molecule has 4 atom stereocenters. The molecule has 0 spiro atoms. The minimum atomic E-state index is -1.07. The van der Waals surface area contributed by atoms with Gasteiger partial charge in [-0.15, -0.1) is 4.58 Å². The van der Waals surface area contributed by atoms with Gasteiger partial charge in [0, 0.05) is 23.1 Å². The van der Waals surface area contributed by atoms with Crippen molar-refractivity contribution in [1.29, 1.82) is 0 Å². The first-order valence-corrected chi connectivity index (χ1v) is 20.2. The highest BCUT2D eigenvalue weighted by Crippen LogP contribution is 2.57. The molecule has 0 aromatic heterocycles. The van der Waals surface area contributed by atoms with Gasteiger partial charge in [-0.2, -0.15) is 16.6 Å². The number of unbranched alkanes of at least 4 members (excludes halogenated alkanes) is 3. The van der Waals surface area contributed by atoms with Gasteiger partial charge in [0.2, 0.25) is 6.04 Å². The lowest BCUT2D eigenvalue weighted by Gasteiger charge is -2.47. The Balaban J connectivity index is 1.74. The summed E-state index contributed by atoms with van der Waals surface area (Å²) >= 11 is 1.66. The molecule has 0 bridgehead atoms. The van der Waals surface area contributed by atoms with Gasteiger partial charge in [-0.1, -0.05) is 87.9 Å². The van der Waals surface area contributed by atoms with Crippen molar-refractivity contribution in [3.05, 3.63) is 101 Å². The number of ether oxygens (including phenoxy) is 5. The molecule has 2 aliphatic rings. The summed E-state index contributed by atoms with van der Waals surface area (Å²) in [7, 11) is 2.97. The second kappa shape index (κ2) is 19.8. The lowest BCUT2D eigenvalue weighted by Crippen LogP contribution is -2.62. The van der Waals surface area contributed by atoms with Crippen LogP contribution in [0.15, 0.2) is 67.8 Å². The summed E-state index contributed by atoms with van der Waals surface area (Å²) < 4.78 is 31.0. The van der Waals surface area contributed by atoms with E-state index in [1.165, 1.54) is 24.9 Å². The van der Waals surface area contributed by atoms with Crippen molar-refractivity contribution in [2.75, 3.05) is 39.8 Å². The number of methoxy groups -OCH3 is 2. The molecule has 2 heterocycles. The van der Waals surface area contributed by atoms with Gasteiger partial charge in [0.15, 0.2) is 29.2 Å². The Morgan fingerprint density at radius 3 is 2.34 bits per heavy atom. The van der Waals surface area contributed by atoms with Crippen LogP contribution in [0.1, 0.15) is 77.3 Å². The van der Waals surface area contributed by atoms with Gasteiger partial charge in [0.25, 0.3) is 5.91 Å². The third-order valence-corrected chi connectivity index (χ3v) is 11.6. The normalized spacial score (nSPS) is 18.7. The van der Waals surface area contributed by atoms with Crippen molar-refractivity contribution < 1.29 is 48.1 Å². The van der Waals surface area contributed by atoms with Gasteiger partial charge < -0.3 is 38.8 Å². The Bertz CT molecular complexity index is 1890. The van der Waals surface area contributed by atoms with Gasteiger partial charge in [-0.3, -0.25) is 4.79 Å². The molecular weight excluding hydrogens is 733 g/mol. The van der Waals surface area contributed by atoms with Crippen molar-refractivity contribution >= 4 is 30.0 Å². The quantitative estimate of drug-likeness (QED) is 0.0699. The van der Waals surface area contributed by atoms with Crippen molar-refractivity contribution in [2.45, 2.75) is 82.9 Å². The molecule has 0 fully saturated rings. The molecule has 56 heavy (non-hydrogen) atoms. The number of rotatable bonds is 19. The molecular formula is C44H55N2O9S+. The van der Waals surface area contributed by atoms with Crippen LogP contribution in [0.25, 0.3) is 0 Å². The second-order valence-corrected chi connectivity index (χ2v) is 15.2. The van der Waals surface area contributed by atoms with E-state index >= 15 is 4.79 Å². The molecule has 12 heteroatoms. The van der Waals surface area contributed by atoms with Gasteiger partial charge in [0.1, 0.15) is 25.0 Å². The maximum Gasteiger partial charge on any atom is 0.597 e. The highest BCUT2D eigenvalue weighted by molar-refractivity contribution is 7.99. The number of carbonyl (C=O) groups is 2. The van der Waals surface area contributed by atoms with Crippen LogP contribution in [0.4, 0.5) is 4.79 Å². The molecule has 11 nitrogen and oxygen atoms in total. The smallest absolute Gasteiger partial charge is 0.504 e. The fourth-order valence-electron chi connectivity index (χ4n) is 7.69. The average Bonchev–Trinajstić information content (AvgIpc) is 3.18. The summed E-state index contributed by atoms with van der Waals surface area (Å²) in [6, 6.07) is 10.5. The van der Waals surface area contributed by atoms with Crippen LogP contribution in [-0.2, 0) is 27.3 Å². The average molecular weight is 788 g/mol. The zero-order valence-electron chi connectivity index (χ0n) is 33.1. The number of carbonyl (C=O) groups excluding carboxylic acids is 2. The standard InChI is InChI=1S/C44H54N2O9S/c1-8-11-12-16-21-56-42-33-25-45(44(50)55-20-10-3)32(23-31-22-28(4)39(51-6)35(47)24-31)43(49)46(33)34(27-53-26-30-17-14-13-15-18-30)36-37(42)40(54-19-9-2)29(5)41(52-7)38(36)48/h9-10,13-15,17-18,22,24-25,32-34,42H,2-3,8,11-12,16,19-21,23,26-27H2,1,4-7H3,(H-,47,48)/p+1/t32-,33+,34-,42?/m0/s1. The number of nitrogens with zero attached hydrogens (tertiary/aromatic N) is 2. The zero-order chi connectivity index (χ0) is 40.4. The van der Waals surface area contributed by atoms with Crippen LogP contribution in [0.3, 0.4) is 0 Å². The van der Waals surface area contributed by atoms with Crippen LogP contribution in [0.5, 0.6) is 28.7 Å². The summed E-state index contributed by atoms with van der Waals surface area (Å²) in [5.74, 6) is 1.31. The third kappa shape index (κ3) is 9.02. The molecule has 3 aromatic carbocycles. The first-order valence-electron chi connectivity index (χ1n) is 19.1. The van der Waals surface area contributed by atoms with Gasteiger partial charge in [-0.05, 0) is 48.8 Å². The minimum absolute atomic E-state index is 0.0165. The van der Waals surface area contributed by atoms with Crippen LogP contribution < -0.4 is 14.2 Å². The maximum atomic E-state index is 15.4. The van der Waals surface area contributed by atoms with Crippen LogP contribution in [0, 0.1) is 13.8 Å². The molecule has 300 valence electrons.